The van der Waals surface area contributed by atoms with Crippen LogP contribution in [0, 0.1) is 12.7 Å². The minimum absolute atomic E-state index is 0.0337. The molecule has 0 radical (unpaired) electrons. The van der Waals surface area contributed by atoms with Crippen molar-refractivity contribution in [2.24, 2.45) is 7.05 Å². The molecule has 5 aromatic rings. The number of amides is 1. The lowest BCUT2D eigenvalue weighted by Gasteiger charge is -2.29. The zero-order chi connectivity index (χ0) is 30.6. The maximum atomic E-state index is 15.1. The Hall–Kier alpha value is -5.49. The largest absolute Gasteiger partial charge is 0.436 e. The second-order valence-corrected chi connectivity index (χ2v) is 10.1. The predicted molar refractivity (Wildman–Crippen MR) is 165 cm³/mol. The Morgan fingerprint density at radius 1 is 0.955 bits per heavy atom. The molecule has 6 rings (SSSR count). The molecule has 1 amide bonds. The normalized spacial score (nSPS) is 13.0. The highest BCUT2D eigenvalue weighted by Gasteiger charge is 2.23. The minimum Gasteiger partial charge on any atom is -0.436 e. The van der Waals surface area contributed by atoms with Gasteiger partial charge in [-0.3, -0.25) is 14.3 Å². The van der Waals surface area contributed by atoms with Crippen molar-refractivity contribution < 1.29 is 18.7 Å². The standard InChI is InChI=1S/C32H30FN7O4/c1-21-29(31(42)40(38(21)2)24-8-4-3-5-9-24)30(41)35-23-11-12-27(26(33)20-23)44-28-13-14-34-32(37-28)36-22-7-6-10-25(19-22)39-15-17-43-18-16-39/h3-14,19-20H,15-18H2,1-2H3,(H,35,41)(H,34,36,37). The number of rotatable bonds is 8. The van der Waals surface area contributed by atoms with Gasteiger partial charge in [0.05, 0.1) is 24.6 Å². The average molecular weight is 596 g/mol. The molecule has 11 nitrogen and oxygen atoms in total. The summed E-state index contributed by atoms with van der Waals surface area (Å²) < 4.78 is 29.2. The molecular weight excluding hydrogens is 565 g/mol. The predicted octanol–water partition coefficient (Wildman–Crippen LogP) is 5.04. The van der Waals surface area contributed by atoms with Crippen molar-refractivity contribution in [3.05, 3.63) is 112 Å². The Morgan fingerprint density at radius 2 is 1.73 bits per heavy atom. The summed E-state index contributed by atoms with van der Waals surface area (Å²) in [5.74, 6) is -1.05. The third kappa shape index (κ3) is 6.01. The first-order valence-electron chi connectivity index (χ1n) is 14.0. The van der Waals surface area contributed by atoms with E-state index in [4.69, 9.17) is 9.47 Å². The van der Waals surface area contributed by atoms with Gasteiger partial charge in [-0.15, -0.1) is 0 Å². The third-order valence-corrected chi connectivity index (χ3v) is 7.29. The molecule has 0 saturated carbocycles. The molecule has 3 heterocycles. The van der Waals surface area contributed by atoms with Crippen LogP contribution in [-0.2, 0) is 11.8 Å². The molecule has 0 atom stereocenters. The van der Waals surface area contributed by atoms with Gasteiger partial charge in [-0.1, -0.05) is 24.3 Å². The summed E-state index contributed by atoms with van der Waals surface area (Å²) >= 11 is 0. The van der Waals surface area contributed by atoms with Gasteiger partial charge in [-0.05, 0) is 49.4 Å². The number of hydrogen-bond donors (Lipinski definition) is 2. The number of carbonyl (C=O) groups is 1. The summed E-state index contributed by atoms with van der Waals surface area (Å²) in [4.78, 5) is 37.1. The summed E-state index contributed by atoms with van der Waals surface area (Å²) in [6, 6.07) is 22.4. The van der Waals surface area contributed by atoms with Gasteiger partial charge in [0.1, 0.15) is 5.56 Å². The van der Waals surface area contributed by atoms with Gasteiger partial charge in [-0.25, -0.2) is 14.1 Å². The summed E-state index contributed by atoms with van der Waals surface area (Å²) in [5.41, 5.74) is 2.60. The van der Waals surface area contributed by atoms with Gasteiger partial charge >= 0.3 is 0 Å². The number of para-hydroxylation sites is 1. The van der Waals surface area contributed by atoms with Crippen LogP contribution in [0.2, 0.25) is 0 Å². The van der Waals surface area contributed by atoms with Gasteiger partial charge < -0.3 is 25.0 Å². The van der Waals surface area contributed by atoms with E-state index in [0.717, 1.165) is 30.5 Å². The van der Waals surface area contributed by atoms with E-state index in [-0.39, 0.29) is 28.8 Å². The van der Waals surface area contributed by atoms with E-state index >= 15 is 4.39 Å². The number of nitrogens with zero attached hydrogens (tertiary/aromatic N) is 5. The number of hydrogen-bond acceptors (Lipinski definition) is 8. The van der Waals surface area contributed by atoms with E-state index in [0.29, 0.717) is 24.6 Å². The Morgan fingerprint density at radius 3 is 2.50 bits per heavy atom. The smallest absolute Gasteiger partial charge is 0.284 e. The molecule has 0 aliphatic carbocycles. The van der Waals surface area contributed by atoms with Crippen molar-refractivity contribution in [1.29, 1.82) is 0 Å². The Labute approximate surface area is 252 Å². The van der Waals surface area contributed by atoms with Crippen LogP contribution < -0.4 is 25.8 Å². The summed E-state index contributed by atoms with van der Waals surface area (Å²) in [6.07, 6.45) is 1.51. The van der Waals surface area contributed by atoms with Crippen molar-refractivity contribution in [3.63, 3.8) is 0 Å². The van der Waals surface area contributed by atoms with Crippen LogP contribution in [0.1, 0.15) is 16.1 Å². The van der Waals surface area contributed by atoms with Crippen LogP contribution in [0.3, 0.4) is 0 Å². The zero-order valence-electron chi connectivity index (χ0n) is 24.2. The fourth-order valence-corrected chi connectivity index (χ4v) is 4.99. The highest BCUT2D eigenvalue weighted by Crippen LogP contribution is 2.28. The quantitative estimate of drug-likeness (QED) is 0.257. The van der Waals surface area contributed by atoms with Crippen molar-refractivity contribution >= 4 is 28.9 Å². The van der Waals surface area contributed by atoms with Gasteiger partial charge in [0.15, 0.2) is 11.6 Å². The second kappa shape index (κ2) is 12.4. The number of halogens is 1. The van der Waals surface area contributed by atoms with Crippen LogP contribution in [0.25, 0.3) is 5.69 Å². The highest BCUT2D eigenvalue weighted by molar-refractivity contribution is 6.05. The molecule has 1 fully saturated rings. The fourth-order valence-electron chi connectivity index (χ4n) is 4.99. The van der Waals surface area contributed by atoms with E-state index in [2.05, 4.69) is 25.5 Å². The summed E-state index contributed by atoms with van der Waals surface area (Å²) in [6.45, 7) is 4.69. The van der Waals surface area contributed by atoms with Crippen molar-refractivity contribution in [2.75, 3.05) is 41.8 Å². The van der Waals surface area contributed by atoms with E-state index in [1.54, 1.807) is 42.9 Å². The molecule has 0 unspecified atom stereocenters. The van der Waals surface area contributed by atoms with Crippen LogP contribution in [0.15, 0.2) is 89.9 Å². The second-order valence-electron chi connectivity index (χ2n) is 10.1. The number of ether oxygens (including phenoxy) is 2. The van der Waals surface area contributed by atoms with Gasteiger partial charge in [0.25, 0.3) is 11.5 Å². The number of morpholine rings is 1. The summed E-state index contributed by atoms with van der Waals surface area (Å²) in [7, 11) is 1.70. The molecule has 44 heavy (non-hydrogen) atoms. The van der Waals surface area contributed by atoms with E-state index in [1.165, 1.54) is 29.1 Å². The summed E-state index contributed by atoms with van der Waals surface area (Å²) in [5, 5.41) is 5.79. The minimum atomic E-state index is -0.722. The molecule has 1 saturated heterocycles. The Bertz CT molecular complexity index is 1870. The number of nitrogens with one attached hydrogen (secondary N) is 2. The monoisotopic (exact) mass is 595 g/mol. The SMILES string of the molecule is Cc1c(C(=O)Nc2ccc(Oc3ccnc(Nc4cccc(N5CCOCC5)c4)n3)c(F)c2)c(=O)n(-c2ccccc2)n1C. The molecule has 1 aliphatic rings. The van der Waals surface area contributed by atoms with Crippen LogP contribution in [0.4, 0.5) is 27.4 Å². The topological polar surface area (TPSA) is 116 Å². The highest BCUT2D eigenvalue weighted by atomic mass is 19.1. The third-order valence-electron chi connectivity index (χ3n) is 7.29. The van der Waals surface area contributed by atoms with Gasteiger partial charge in [0, 0.05) is 55.5 Å². The lowest BCUT2D eigenvalue weighted by Crippen LogP contribution is -2.36. The van der Waals surface area contributed by atoms with Crippen molar-refractivity contribution in [3.8, 4) is 17.3 Å². The van der Waals surface area contributed by atoms with E-state index in [9.17, 15) is 9.59 Å². The molecule has 2 N–H and O–H groups in total. The number of anilines is 4. The zero-order valence-corrected chi connectivity index (χ0v) is 24.2. The number of aromatic nitrogens is 4. The van der Waals surface area contributed by atoms with E-state index < -0.39 is 17.3 Å². The molecule has 0 spiro atoms. The fraction of sp³-hybridized carbons (Fsp3) is 0.188. The van der Waals surface area contributed by atoms with Gasteiger partial charge in [0.2, 0.25) is 11.8 Å². The van der Waals surface area contributed by atoms with Crippen molar-refractivity contribution in [2.45, 2.75) is 6.92 Å². The maximum Gasteiger partial charge on any atom is 0.284 e. The van der Waals surface area contributed by atoms with Crippen LogP contribution in [0.5, 0.6) is 11.6 Å². The lowest BCUT2D eigenvalue weighted by molar-refractivity contribution is 0.102. The first-order valence-corrected chi connectivity index (χ1v) is 14.0. The maximum absolute atomic E-state index is 15.1. The number of carbonyl (C=O) groups excluding carboxylic acids is 1. The first-order chi connectivity index (χ1) is 21.4. The average Bonchev–Trinajstić information content (AvgIpc) is 3.26. The molecule has 12 heteroatoms. The molecule has 0 bridgehead atoms. The molecule has 3 aromatic carbocycles. The number of benzene rings is 3. The Kier molecular flexibility index (Phi) is 8.06. The van der Waals surface area contributed by atoms with E-state index in [1.807, 2.05) is 30.3 Å². The molecular formula is C32H30FN7O4. The lowest BCUT2D eigenvalue weighted by atomic mass is 10.2. The molecule has 1 aliphatic heterocycles. The van der Waals surface area contributed by atoms with Crippen LogP contribution >= 0.6 is 0 Å². The van der Waals surface area contributed by atoms with Crippen LogP contribution in [-0.4, -0.2) is 51.5 Å². The Balaban J connectivity index is 1.14. The first kappa shape index (κ1) is 28.6. The van der Waals surface area contributed by atoms with Crippen molar-refractivity contribution in [1.82, 2.24) is 19.3 Å². The molecule has 2 aromatic heterocycles. The van der Waals surface area contributed by atoms with Gasteiger partial charge in [-0.2, -0.15) is 4.98 Å². The molecule has 224 valence electrons.